The summed E-state index contributed by atoms with van der Waals surface area (Å²) in [5.41, 5.74) is 7.18. The number of nitrogens with zero attached hydrogens (tertiary/aromatic N) is 5. The van der Waals surface area contributed by atoms with Crippen LogP contribution in [0.2, 0.25) is 5.02 Å². The summed E-state index contributed by atoms with van der Waals surface area (Å²) in [7, 11) is 0. The SMILES string of the molecule is Nc1nccc(Sc2ccc3nc(N4CCCCC4)cnc3n2)c1Cl. The molecular formula is C17H17ClN6S. The average Bonchev–Trinajstić information content (AvgIpc) is 2.66. The smallest absolute Gasteiger partial charge is 0.179 e. The summed E-state index contributed by atoms with van der Waals surface area (Å²) in [6.07, 6.45) is 7.16. The first-order valence-electron chi connectivity index (χ1n) is 8.17. The number of hydrogen-bond donors (Lipinski definition) is 1. The van der Waals surface area contributed by atoms with Gasteiger partial charge in [-0.25, -0.2) is 19.9 Å². The van der Waals surface area contributed by atoms with Crippen LogP contribution >= 0.6 is 23.4 Å². The third kappa shape index (κ3) is 3.48. The molecule has 0 atom stereocenters. The number of aromatic nitrogens is 4. The minimum Gasteiger partial charge on any atom is -0.382 e. The molecule has 25 heavy (non-hydrogen) atoms. The number of rotatable bonds is 3. The second-order valence-corrected chi connectivity index (χ2v) is 7.32. The van der Waals surface area contributed by atoms with Gasteiger partial charge in [0.2, 0.25) is 0 Å². The largest absolute Gasteiger partial charge is 0.382 e. The molecule has 4 heterocycles. The van der Waals surface area contributed by atoms with E-state index in [1.165, 1.54) is 31.0 Å². The van der Waals surface area contributed by atoms with Crippen LogP contribution in [0.3, 0.4) is 0 Å². The highest BCUT2D eigenvalue weighted by Gasteiger charge is 2.14. The van der Waals surface area contributed by atoms with Crippen LogP contribution in [-0.4, -0.2) is 33.0 Å². The molecule has 1 fully saturated rings. The van der Waals surface area contributed by atoms with Gasteiger partial charge in [-0.15, -0.1) is 0 Å². The van der Waals surface area contributed by atoms with Gasteiger partial charge in [0.1, 0.15) is 22.2 Å². The first kappa shape index (κ1) is 16.4. The number of fused-ring (bicyclic) bond motifs is 1. The minimum atomic E-state index is 0.318. The van der Waals surface area contributed by atoms with Gasteiger partial charge >= 0.3 is 0 Å². The van der Waals surface area contributed by atoms with Crippen molar-refractivity contribution in [2.75, 3.05) is 23.7 Å². The van der Waals surface area contributed by atoms with Crippen LogP contribution in [0.15, 0.2) is 40.5 Å². The fourth-order valence-electron chi connectivity index (χ4n) is 2.84. The van der Waals surface area contributed by atoms with E-state index in [1.807, 2.05) is 24.4 Å². The normalized spacial score (nSPS) is 14.8. The van der Waals surface area contributed by atoms with Crippen LogP contribution in [0, 0.1) is 0 Å². The second-order valence-electron chi connectivity index (χ2n) is 5.88. The molecule has 8 heteroatoms. The van der Waals surface area contributed by atoms with Crippen LogP contribution < -0.4 is 10.6 Å². The molecule has 1 aliphatic rings. The molecule has 0 bridgehead atoms. The number of hydrogen-bond acceptors (Lipinski definition) is 7. The van der Waals surface area contributed by atoms with Crippen molar-refractivity contribution in [3.05, 3.63) is 35.6 Å². The highest BCUT2D eigenvalue weighted by molar-refractivity contribution is 7.99. The Kier molecular flexibility index (Phi) is 4.59. The molecule has 2 N–H and O–H groups in total. The Bertz CT molecular complexity index is 913. The van der Waals surface area contributed by atoms with Gasteiger partial charge in [-0.3, -0.25) is 0 Å². The molecule has 0 unspecified atom stereocenters. The Morgan fingerprint density at radius 3 is 2.72 bits per heavy atom. The van der Waals surface area contributed by atoms with E-state index in [4.69, 9.17) is 22.3 Å². The maximum absolute atomic E-state index is 6.20. The van der Waals surface area contributed by atoms with E-state index in [-0.39, 0.29) is 0 Å². The topological polar surface area (TPSA) is 80.8 Å². The predicted molar refractivity (Wildman–Crippen MR) is 101 cm³/mol. The van der Waals surface area contributed by atoms with Crippen molar-refractivity contribution in [2.45, 2.75) is 29.2 Å². The Morgan fingerprint density at radius 2 is 1.88 bits per heavy atom. The summed E-state index contributed by atoms with van der Waals surface area (Å²) in [6.45, 7) is 2.09. The van der Waals surface area contributed by atoms with Crippen molar-refractivity contribution in [3.8, 4) is 0 Å². The van der Waals surface area contributed by atoms with Crippen molar-refractivity contribution < 1.29 is 0 Å². The van der Waals surface area contributed by atoms with E-state index in [0.717, 1.165) is 34.3 Å². The number of pyridine rings is 2. The minimum absolute atomic E-state index is 0.318. The standard InChI is InChI=1S/C17H17ClN6S/c18-15-12(6-7-20-16(15)19)25-14-5-4-11-17(23-14)21-10-13(22-11)24-8-2-1-3-9-24/h4-7,10H,1-3,8-9H2,(H2,19,20). The summed E-state index contributed by atoms with van der Waals surface area (Å²) in [5.74, 6) is 1.25. The van der Waals surface area contributed by atoms with Crippen molar-refractivity contribution in [1.82, 2.24) is 19.9 Å². The van der Waals surface area contributed by atoms with E-state index in [9.17, 15) is 0 Å². The third-order valence-electron chi connectivity index (χ3n) is 4.14. The Morgan fingerprint density at radius 1 is 1.04 bits per heavy atom. The van der Waals surface area contributed by atoms with E-state index in [1.54, 1.807) is 6.20 Å². The Hall–Kier alpha value is -2.12. The Labute approximate surface area is 154 Å². The van der Waals surface area contributed by atoms with Crippen molar-refractivity contribution in [3.63, 3.8) is 0 Å². The predicted octanol–water partition coefficient (Wildman–Crippen LogP) is 3.80. The molecule has 1 saturated heterocycles. The van der Waals surface area contributed by atoms with Gasteiger partial charge in [-0.2, -0.15) is 0 Å². The van der Waals surface area contributed by atoms with E-state index in [0.29, 0.717) is 16.5 Å². The highest BCUT2D eigenvalue weighted by atomic mass is 35.5. The number of halogens is 1. The van der Waals surface area contributed by atoms with Gasteiger partial charge in [-0.05, 0) is 37.5 Å². The monoisotopic (exact) mass is 372 g/mol. The summed E-state index contributed by atoms with van der Waals surface area (Å²) in [4.78, 5) is 20.9. The molecule has 4 rings (SSSR count). The summed E-state index contributed by atoms with van der Waals surface area (Å²) in [5, 5.41) is 1.24. The summed E-state index contributed by atoms with van der Waals surface area (Å²) >= 11 is 7.63. The van der Waals surface area contributed by atoms with Crippen molar-refractivity contribution >= 4 is 46.2 Å². The zero-order chi connectivity index (χ0) is 17.2. The zero-order valence-electron chi connectivity index (χ0n) is 13.5. The fourth-order valence-corrected chi connectivity index (χ4v) is 3.89. The van der Waals surface area contributed by atoms with Crippen LogP contribution in [0.1, 0.15) is 19.3 Å². The molecular weight excluding hydrogens is 356 g/mol. The molecule has 3 aromatic heterocycles. The number of nitrogen functional groups attached to an aromatic ring is 1. The highest BCUT2D eigenvalue weighted by Crippen LogP contribution is 2.34. The van der Waals surface area contributed by atoms with Crippen LogP contribution in [0.5, 0.6) is 0 Å². The van der Waals surface area contributed by atoms with E-state index >= 15 is 0 Å². The van der Waals surface area contributed by atoms with Gasteiger partial charge in [0.15, 0.2) is 5.65 Å². The van der Waals surface area contributed by atoms with Crippen molar-refractivity contribution in [2.24, 2.45) is 0 Å². The zero-order valence-corrected chi connectivity index (χ0v) is 15.1. The third-order valence-corrected chi connectivity index (χ3v) is 5.65. The quantitative estimate of drug-likeness (QED) is 0.748. The average molecular weight is 373 g/mol. The maximum atomic E-state index is 6.20. The number of piperidine rings is 1. The summed E-state index contributed by atoms with van der Waals surface area (Å²) < 4.78 is 0. The van der Waals surface area contributed by atoms with Gasteiger partial charge in [0.05, 0.1) is 11.2 Å². The summed E-state index contributed by atoms with van der Waals surface area (Å²) in [6, 6.07) is 5.69. The van der Waals surface area contributed by atoms with E-state index < -0.39 is 0 Å². The van der Waals surface area contributed by atoms with Crippen molar-refractivity contribution in [1.29, 1.82) is 0 Å². The fraction of sp³-hybridized carbons (Fsp3) is 0.294. The van der Waals surface area contributed by atoms with Gasteiger partial charge in [0.25, 0.3) is 0 Å². The molecule has 1 aliphatic heterocycles. The maximum Gasteiger partial charge on any atom is 0.179 e. The van der Waals surface area contributed by atoms with Gasteiger partial charge < -0.3 is 10.6 Å². The molecule has 0 aliphatic carbocycles. The molecule has 0 aromatic carbocycles. The molecule has 0 amide bonds. The molecule has 128 valence electrons. The lowest BCUT2D eigenvalue weighted by atomic mass is 10.1. The first-order chi connectivity index (χ1) is 12.2. The molecule has 0 radical (unpaired) electrons. The molecule has 6 nitrogen and oxygen atoms in total. The molecule has 0 saturated carbocycles. The molecule has 0 spiro atoms. The van der Waals surface area contributed by atoms with Gasteiger partial charge in [0, 0.05) is 24.2 Å². The lowest BCUT2D eigenvalue weighted by Gasteiger charge is -2.27. The Balaban J connectivity index is 1.61. The number of anilines is 2. The first-order valence-corrected chi connectivity index (χ1v) is 9.37. The molecule has 3 aromatic rings. The van der Waals surface area contributed by atoms with Gasteiger partial charge in [-0.1, -0.05) is 23.4 Å². The lowest BCUT2D eigenvalue weighted by Crippen LogP contribution is -2.30. The van der Waals surface area contributed by atoms with E-state index in [2.05, 4.69) is 19.9 Å². The van der Waals surface area contributed by atoms with Crippen LogP contribution in [-0.2, 0) is 0 Å². The number of nitrogens with two attached hydrogens (primary N) is 1. The van der Waals surface area contributed by atoms with Crippen LogP contribution in [0.25, 0.3) is 11.2 Å². The van der Waals surface area contributed by atoms with Crippen LogP contribution in [0.4, 0.5) is 11.6 Å². The second kappa shape index (κ2) is 7.01. The lowest BCUT2D eigenvalue weighted by molar-refractivity contribution is 0.573.